The molecule has 7 nitrogen and oxygen atoms in total. The summed E-state index contributed by atoms with van der Waals surface area (Å²) >= 11 is 0. The number of hydrogen-bond acceptors (Lipinski definition) is 4. The van der Waals surface area contributed by atoms with Gasteiger partial charge in [-0.1, -0.05) is 33.8 Å². The van der Waals surface area contributed by atoms with Gasteiger partial charge in [0.05, 0.1) is 16.7 Å². The van der Waals surface area contributed by atoms with Crippen LogP contribution in [0.25, 0.3) is 21.8 Å². The Morgan fingerprint density at radius 3 is 2.66 bits per heavy atom. The van der Waals surface area contributed by atoms with Crippen molar-refractivity contribution in [3.63, 3.8) is 0 Å². The van der Waals surface area contributed by atoms with Crippen LogP contribution in [-0.2, 0) is 7.05 Å². The van der Waals surface area contributed by atoms with Gasteiger partial charge in [-0.15, -0.1) is 0 Å². The zero-order valence-electron chi connectivity index (χ0n) is 20.2. The number of aromatic nitrogens is 4. The third-order valence-electron chi connectivity index (χ3n) is 5.84. The molecule has 3 aromatic heterocycles. The number of carbonyl (C=O) groups excluding carboxylic acids is 1. The number of pyridine rings is 1. The number of rotatable bonds is 6. The summed E-state index contributed by atoms with van der Waals surface area (Å²) in [4.78, 5) is 23.1. The van der Waals surface area contributed by atoms with Crippen molar-refractivity contribution in [2.75, 3.05) is 18.9 Å². The standard InChI is InChI=1S/C23H28N6O.C2H6/c1-6-20(28(4)7-2)19-10-16-13-24-22(12-18(16)25-19)26-23(30)15-8-9-17-14(3)27-29(5)21(17)11-15;1-2/h8-13,20,25H,6-7H2,1-5H3,(H,24,26,30);1-2H3. The Balaban J connectivity index is 0.00000141. The van der Waals surface area contributed by atoms with Gasteiger partial charge in [-0.2, -0.15) is 5.10 Å². The maximum atomic E-state index is 12.8. The molecule has 3 heterocycles. The van der Waals surface area contributed by atoms with E-state index in [1.807, 2.05) is 52.1 Å². The summed E-state index contributed by atoms with van der Waals surface area (Å²) < 4.78 is 1.80. The van der Waals surface area contributed by atoms with E-state index < -0.39 is 0 Å². The van der Waals surface area contributed by atoms with Crippen molar-refractivity contribution in [1.82, 2.24) is 24.6 Å². The summed E-state index contributed by atoms with van der Waals surface area (Å²) in [5, 5.41) is 9.42. The van der Waals surface area contributed by atoms with Crippen LogP contribution in [0, 0.1) is 6.92 Å². The van der Waals surface area contributed by atoms with E-state index in [-0.39, 0.29) is 5.91 Å². The maximum Gasteiger partial charge on any atom is 0.256 e. The molecule has 32 heavy (non-hydrogen) atoms. The van der Waals surface area contributed by atoms with Crippen LogP contribution < -0.4 is 5.32 Å². The summed E-state index contributed by atoms with van der Waals surface area (Å²) in [6.07, 6.45) is 2.82. The number of fused-ring (bicyclic) bond motifs is 2. The van der Waals surface area contributed by atoms with E-state index in [0.717, 1.165) is 40.5 Å². The van der Waals surface area contributed by atoms with Gasteiger partial charge in [0.15, 0.2) is 0 Å². The second kappa shape index (κ2) is 9.96. The number of carbonyl (C=O) groups is 1. The largest absolute Gasteiger partial charge is 0.357 e. The second-order valence-electron chi connectivity index (χ2n) is 7.77. The summed E-state index contributed by atoms with van der Waals surface area (Å²) in [6, 6.07) is 9.99. The smallest absolute Gasteiger partial charge is 0.256 e. The van der Waals surface area contributed by atoms with Gasteiger partial charge in [-0.25, -0.2) is 4.98 Å². The first-order chi connectivity index (χ1) is 15.4. The fourth-order valence-corrected chi connectivity index (χ4v) is 4.05. The molecule has 0 radical (unpaired) electrons. The molecule has 1 atom stereocenters. The van der Waals surface area contributed by atoms with Crippen LogP contribution in [0.15, 0.2) is 36.5 Å². The van der Waals surface area contributed by atoms with Crippen LogP contribution in [0.4, 0.5) is 5.82 Å². The molecule has 4 rings (SSSR count). The fourth-order valence-electron chi connectivity index (χ4n) is 4.05. The quantitative estimate of drug-likeness (QED) is 0.424. The van der Waals surface area contributed by atoms with Crippen LogP contribution in [0.5, 0.6) is 0 Å². The fraction of sp³-hybridized carbons (Fsp3) is 0.400. The van der Waals surface area contributed by atoms with Crippen molar-refractivity contribution in [2.24, 2.45) is 7.05 Å². The van der Waals surface area contributed by atoms with E-state index >= 15 is 0 Å². The first kappa shape index (κ1) is 23.5. The average Bonchev–Trinajstić information content (AvgIpc) is 3.35. The van der Waals surface area contributed by atoms with Gasteiger partial charge >= 0.3 is 0 Å². The van der Waals surface area contributed by atoms with E-state index in [1.54, 1.807) is 10.9 Å². The number of aromatic amines is 1. The predicted molar refractivity (Wildman–Crippen MR) is 132 cm³/mol. The number of amides is 1. The van der Waals surface area contributed by atoms with Gasteiger partial charge in [-0.3, -0.25) is 14.4 Å². The molecule has 0 bridgehead atoms. The zero-order chi connectivity index (χ0) is 23.4. The molecule has 1 aromatic carbocycles. The maximum absolute atomic E-state index is 12.8. The molecular formula is C25H34N6O. The summed E-state index contributed by atoms with van der Waals surface area (Å²) in [5.41, 5.74) is 4.60. The van der Waals surface area contributed by atoms with Crippen LogP contribution in [0.2, 0.25) is 0 Å². The molecule has 1 unspecified atom stereocenters. The summed E-state index contributed by atoms with van der Waals surface area (Å²) in [6.45, 7) is 11.3. The molecule has 0 saturated carbocycles. The minimum Gasteiger partial charge on any atom is -0.357 e. The highest BCUT2D eigenvalue weighted by molar-refractivity contribution is 6.06. The molecule has 2 N–H and O–H groups in total. The highest BCUT2D eigenvalue weighted by Gasteiger charge is 2.17. The number of H-pyrrole nitrogens is 1. The van der Waals surface area contributed by atoms with Crippen LogP contribution in [-0.4, -0.2) is 44.1 Å². The second-order valence-corrected chi connectivity index (χ2v) is 7.77. The molecule has 0 fully saturated rings. The molecular weight excluding hydrogens is 400 g/mol. The average molecular weight is 435 g/mol. The topological polar surface area (TPSA) is 78.8 Å². The van der Waals surface area contributed by atoms with Gasteiger partial charge in [0.25, 0.3) is 5.91 Å². The van der Waals surface area contributed by atoms with E-state index in [2.05, 4.69) is 52.2 Å². The minimum atomic E-state index is -0.188. The van der Waals surface area contributed by atoms with Crippen molar-refractivity contribution in [1.29, 1.82) is 0 Å². The van der Waals surface area contributed by atoms with Crippen LogP contribution in [0.3, 0.4) is 0 Å². The lowest BCUT2D eigenvalue weighted by Crippen LogP contribution is -2.23. The molecule has 0 aliphatic carbocycles. The molecule has 0 spiro atoms. The first-order valence-corrected chi connectivity index (χ1v) is 11.3. The Morgan fingerprint density at radius 1 is 1.22 bits per heavy atom. The SMILES string of the molecule is CC.CCC(c1cc2cnc(NC(=O)c3ccc4c(C)nn(C)c4c3)cc2[nH]1)N(C)CC. The van der Waals surface area contributed by atoms with Gasteiger partial charge in [0, 0.05) is 47.4 Å². The first-order valence-electron chi connectivity index (χ1n) is 11.3. The van der Waals surface area contributed by atoms with Crippen LogP contribution in [0.1, 0.15) is 61.9 Å². The van der Waals surface area contributed by atoms with Crippen molar-refractivity contribution < 1.29 is 4.79 Å². The number of hydrogen-bond donors (Lipinski definition) is 2. The summed E-state index contributed by atoms with van der Waals surface area (Å²) in [5.74, 6) is 0.339. The Hall–Kier alpha value is -3.19. The summed E-state index contributed by atoms with van der Waals surface area (Å²) in [7, 11) is 4.01. The van der Waals surface area contributed by atoms with Crippen molar-refractivity contribution in [3.8, 4) is 0 Å². The third-order valence-corrected chi connectivity index (χ3v) is 5.84. The Kier molecular flexibility index (Phi) is 7.30. The van der Waals surface area contributed by atoms with Gasteiger partial charge < -0.3 is 10.3 Å². The Morgan fingerprint density at radius 2 is 1.97 bits per heavy atom. The lowest BCUT2D eigenvalue weighted by atomic mass is 10.1. The van der Waals surface area contributed by atoms with Crippen molar-refractivity contribution in [3.05, 3.63) is 53.5 Å². The zero-order valence-corrected chi connectivity index (χ0v) is 20.2. The predicted octanol–water partition coefficient (Wildman–Crippen LogP) is 5.44. The number of nitrogens with zero attached hydrogens (tertiary/aromatic N) is 4. The number of anilines is 1. The van der Waals surface area contributed by atoms with Crippen molar-refractivity contribution >= 4 is 33.5 Å². The number of aryl methyl sites for hydroxylation is 2. The molecule has 0 saturated heterocycles. The van der Waals surface area contributed by atoms with Gasteiger partial charge in [0.1, 0.15) is 5.82 Å². The van der Waals surface area contributed by atoms with E-state index in [4.69, 9.17) is 0 Å². The minimum absolute atomic E-state index is 0.188. The molecule has 7 heteroatoms. The highest BCUT2D eigenvalue weighted by atomic mass is 16.1. The lowest BCUT2D eigenvalue weighted by molar-refractivity contribution is 0.102. The van der Waals surface area contributed by atoms with E-state index in [1.165, 1.54) is 5.69 Å². The normalized spacial score (nSPS) is 12.1. The molecule has 0 aliphatic rings. The lowest BCUT2D eigenvalue weighted by Gasteiger charge is -2.24. The molecule has 1 amide bonds. The highest BCUT2D eigenvalue weighted by Crippen LogP contribution is 2.27. The van der Waals surface area contributed by atoms with E-state index in [9.17, 15) is 4.79 Å². The Labute approximate surface area is 189 Å². The Bertz CT molecular complexity index is 1220. The number of benzene rings is 1. The van der Waals surface area contributed by atoms with Gasteiger partial charge in [-0.05, 0) is 45.1 Å². The van der Waals surface area contributed by atoms with Crippen molar-refractivity contribution in [2.45, 2.75) is 47.1 Å². The van der Waals surface area contributed by atoms with Crippen LogP contribution >= 0.6 is 0 Å². The molecule has 170 valence electrons. The number of nitrogens with one attached hydrogen (secondary N) is 2. The molecule has 0 aliphatic heterocycles. The van der Waals surface area contributed by atoms with Gasteiger partial charge in [0.2, 0.25) is 0 Å². The monoisotopic (exact) mass is 434 g/mol. The third kappa shape index (κ3) is 4.53. The molecule has 4 aromatic rings. The van der Waals surface area contributed by atoms with E-state index in [0.29, 0.717) is 17.4 Å².